The highest BCUT2D eigenvalue weighted by atomic mass is 35.5. The number of aryl methyl sites for hydroxylation is 1. The molecule has 0 unspecified atom stereocenters. The maximum atomic E-state index is 13.4. The Morgan fingerprint density at radius 1 is 1.07 bits per heavy atom. The van der Waals surface area contributed by atoms with Gasteiger partial charge in [0.15, 0.2) is 0 Å². The monoisotopic (exact) mass is 406 g/mol. The van der Waals surface area contributed by atoms with Gasteiger partial charge in [0.2, 0.25) is 5.91 Å². The van der Waals surface area contributed by atoms with Crippen molar-refractivity contribution in [3.8, 4) is 0 Å². The number of carbonyl (C=O) groups excluding carboxylic acids is 1. The summed E-state index contributed by atoms with van der Waals surface area (Å²) >= 11 is 6.22. The summed E-state index contributed by atoms with van der Waals surface area (Å²) in [5.41, 5.74) is 2.02. The van der Waals surface area contributed by atoms with E-state index in [2.05, 4.69) is 0 Å². The number of halogens is 1. The van der Waals surface area contributed by atoms with E-state index in [9.17, 15) is 13.2 Å². The van der Waals surface area contributed by atoms with Crippen molar-refractivity contribution in [3.05, 3.63) is 58.6 Å². The van der Waals surface area contributed by atoms with Gasteiger partial charge >= 0.3 is 0 Å². The van der Waals surface area contributed by atoms with Crippen LogP contribution < -0.4 is 4.31 Å². The standard InChI is InChI=1S/C20H23ClN2O3S/c1-15-8-10-17(11-9-15)27(25,26)23(14-20(24)22-12-3-4-13-22)19-7-5-6-18(21)16(19)2/h5-11H,3-4,12-14H2,1-2H3. The van der Waals surface area contributed by atoms with Crippen molar-refractivity contribution in [3.63, 3.8) is 0 Å². The van der Waals surface area contributed by atoms with Crippen LogP contribution >= 0.6 is 11.6 Å². The van der Waals surface area contributed by atoms with Crippen LogP contribution in [0, 0.1) is 13.8 Å². The van der Waals surface area contributed by atoms with Crippen LogP contribution in [0.2, 0.25) is 5.02 Å². The lowest BCUT2D eigenvalue weighted by molar-refractivity contribution is -0.128. The summed E-state index contributed by atoms with van der Waals surface area (Å²) in [4.78, 5) is 14.6. The third kappa shape index (κ3) is 4.12. The Bertz CT molecular complexity index is 936. The maximum absolute atomic E-state index is 13.4. The quantitative estimate of drug-likeness (QED) is 0.759. The molecule has 0 aromatic heterocycles. The highest BCUT2D eigenvalue weighted by Gasteiger charge is 2.30. The van der Waals surface area contributed by atoms with Crippen molar-refractivity contribution in [2.45, 2.75) is 31.6 Å². The molecule has 2 aromatic rings. The van der Waals surface area contributed by atoms with Gasteiger partial charge in [0.25, 0.3) is 10.0 Å². The first-order valence-electron chi connectivity index (χ1n) is 8.93. The van der Waals surface area contributed by atoms with Gasteiger partial charge < -0.3 is 4.90 Å². The van der Waals surface area contributed by atoms with Crippen LogP contribution in [0.4, 0.5) is 5.69 Å². The number of carbonyl (C=O) groups is 1. The van der Waals surface area contributed by atoms with E-state index in [0.29, 0.717) is 29.4 Å². The van der Waals surface area contributed by atoms with E-state index in [0.717, 1.165) is 18.4 Å². The minimum absolute atomic E-state index is 0.154. The Morgan fingerprint density at radius 3 is 2.33 bits per heavy atom. The molecule has 0 spiro atoms. The second-order valence-electron chi connectivity index (χ2n) is 6.80. The molecule has 2 aromatic carbocycles. The van der Waals surface area contributed by atoms with Crippen molar-refractivity contribution in [1.29, 1.82) is 0 Å². The van der Waals surface area contributed by atoms with E-state index < -0.39 is 10.0 Å². The van der Waals surface area contributed by atoms with Crippen LogP contribution in [-0.4, -0.2) is 38.9 Å². The Labute approximate surface area is 165 Å². The van der Waals surface area contributed by atoms with Gasteiger partial charge in [0.1, 0.15) is 6.54 Å². The fraction of sp³-hybridized carbons (Fsp3) is 0.350. The lowest BCUT2D eigenvalue weighted by Crippen LogP contribution is -2.42. The van der Waals surface area contributed by atoms with Crippen molar-refractivity contribution in [2.75, 3.05) is 23.9 Å². The van der Waals surface area contributed by atoms with Crippen molar-refractivity contribution < 1.29 is 13.2 Å². The molecule has 1 saturated heterocycles. The molecule has 1 aliphatic rings. The third-order valence-corrected chi connectivity index (χ3v) is 7.04. The van der Waals surface area contributed by atoms with Gasteiger partial charge in [0, 0.05) is 18.1 Å². The molecule has 0 radical (unpaired) electrons. The lowest BCUT2D eigenvalue weighted by Gasteiger charge is -2.28. The maximum Gasteiger partial charge on any atom is 0.264 e. The number of benzene rings is 2. The van der Waals surface area contributed by atoms with Gasteiger partial charge in [-0.3, -0.25) is 9.10 Å². The summed E-state index contributed by atoms with van der Waals surface area (Å²) in [7, 11) is -3.91. The number of hydrogen-bond acceptors (Lipinski definition) is 3. The first-order chi connectivity index (χ1) is 12.8. The molecule has 0 bridgehead atoms. The molecule has 7 heteroatoms. The molecule has 1 aliphatic heterocycles. The predicted molar refractivity (Wildman–Crippen MR) is 108 cm³/mol. The fourth-order valence-corrected chi connectivity index (χ4v) is 4.83. The molecule has 0 saturated carbocycles. The van der Waals surface area contributed by atoms with Gasteiger partial charge in [-0.1, -0.05) is 35.4 Å². The van der Waals surface area contributed by atoms with Gasteiger partial charge in [-0.15, -0.1) is 0 Å². The fourth-order valence-electron chi connectivity index (χ4n) is 3.19. The minimum atomic E-state index is -3.91. The molecule has 144 valence electrons. The van der Waals surface area contributed by atoms with Crippen LogP contribution in [0.3, 0.4) is 0 Å². The number of amides is 1. The van der Waals surface area contributed by atoms with Crippen LogP contribution in [0.5, 0.6) is 0 Å². The Morgan fingerprint density at radius 2 is 1.70 bits per heavy atom. The molecule has 3 rings (SSSR count). The van der Waals surface area contributed by atoms with E-state index in [1.165, 1.54) is 4.31 Å². The van der Waals surface area contributed by atoms with Gasteiger partial charge in [-0.2, -0.15) is 0 Å². The average Bonchev–Trinajstić information content (AvgIpc) is 3.17. The molecule has 1 amide bonds. The largest absolute Gasteiger partial charge is 0.341 e. The van der Waals surface area contributed by atoms with E-state index in [-0.39, 0.29) is 17.3 Å². The molecule has 0 aliphatic carbocycles. The van der Waals surface area contributed by atoms with Crippen molar-refractivity contribution in [2.24, 2.45) is 0 Å². The smallest absolute Gasteiger partial charge is 0.264 e. The summed E-state index contributed by atoms with van der Waals surface area (Å²) in [5.74, 6) is -0.192. The molecular formula is C20H23ClN2O3S. The summed E-state index contributed by atoms with van der Waals surface area (Å²) in [6.07, 6.45) is 1.90. The van der Waals surface area contributed by atoms with Crippen LogP contribution in [0.25, 0.3) is 0 Å². The molecular weight excluding hydrogens is 384 g/mol. The second-order valence-corrected chi connectivity index (χ2v) is 9.07. The number of likely N-dealkylation sites (tertiary alicyclic amines) is 1. The highest BCUT2D eigenvalue weighted by molar-refractivity contribution is 7.92. The molecule has 0 N–H and O–H groups in total. The second kappa shape index (κ2) is 7.90. The molecule has 27 heavy (non-hydrogen) atoms. The average molecular weight is 407 g/mol. The third-order valence-electron chi connectivity index (χ3n) is 4.85. The predicted octanol–water partition coefficient (Wildman–Crippen LogP) is 3.77. The number of rotatable bonds is 5. The summed E-state index contributed by atoms with van der Waals surface area (Å²) < 4.78 is 27.9. The zero-order chi connectivity index (χ0) is 19.6. The Balaban J connectivity index is 2.04. The van der Waals surface area contributed by atoms with E-state index in [1.807, 2.05) is 6.92 Å². The topological polar surface area (TPSA) is 57.7 Å². The van der Waals surface area contributed by atoms with Crippen LogP contribution in [0.1, 0.15) is 24.0 Å². The number of nitrogens with zero attached hydrogens (tertiary/aromatic N) is 2. The summed E-state index contributed by atoms with van der Waals surface area (Å²) in [6, 6.07) is 11.7. The normalized spacial score (nSPS) is 14.4. The zero-order valence-electron chi connectivity index (χ0n) is 15.5. The van der Waals surface area contributed by atoms with E-state index in [1.54, 1.807) is 54.3 Å². The van der Waals surface area contributed by atoms with Crippen molar-refractivity contribution in [1.82, 2.24) is 4.90 Å². The molecule has 5 nitrogen and oxygen atoms in total. The lowest BCUT2D eigenvalue weighted by atomic mass is 10.2. The van der Waals surface area contributed by atoms with Crippen LogP contribution in [0.15, 0.2) is 47.4 Å². The van der Waals surface area contributed by atoms with E-state index in [4.69, 9.17) is 11.6 Å². The molecule has 1 fully saturated rings. The zero-order valence-corrected chi connectivity index (χ0v) is 17.1. The van der Waals surface area contributed by atoms with E-state index >= 15 is 0 Å². The highest BCUT2D eigenvalue weighted by Crippen LogP contribution is 2.31. The SMILES string of the molecule is Cc1ccc(S(=O)(=O)N(CC(=O)N2CCCC2)c2cccc(Cl)c2C)cc1. The summed E-state index contributed by atoms with van der Waals surface area (Å²) in [6.45, 7) is 4.76. The summed E-state index contributed by atoms with van der Waals surface area (Å²) in [5, 5.41) is 0.463. The number of hydrogen-bond donors (Lipinski definition) is 0. The van der Waals surface area contributed by atoms with Crippen LogP contribution in [-0.2, 0) is 14.8 Å². The first-order valence-corrected chi connectivity index (χ1v) is 10.7. The minimum Gasteiger partial charge on any atom is -0.341 e. The van der Waals surface area contributed by atoms with Gasteiger partial charge in [-0.05, 0) is 56.5 Å². The Kier molecular flexibility index (Phi) is 5.77. The molecule has 0 atom stereocenters. The first kappa shape index (κ1) is 19.7. The van der Waals surface area contributed by atoms with Gasteiger partial charge in [-0.25, -0.2) is 8.42 Å². The number of sulfonamides is 1. The molecule has 1 heterocycles. The van der Waals surface area contributed by atoms with Gasteiger partial charge in [0.05, 0.1) is 10.6 Å². The number of anilines is 1. The van der Waals surface area contributed by atoms with Crippen molar-refractivity contribution >= 4 is 33.2 Å². The Hall–Kier alpha value is -2.05.